The molecule has 0 spiro atoms. The van der Waals surface area contributed by atoms with Gasteiger partial charge in [0.25, 0.3) is 0 Å². The highest BCUT2D eigenvalue weighted by atomic mass is 19.1. The molecule has 1 aromatic heterocycles. The van der Waals surface area contributed by atoms with E-state index in [0.717, 1.165) is 0 Å². The Bertz CT molecular complexity index is 752. The standard InChI is InChI=1S/C14H12FN3O3/c1-21-8-2-3-9(10(15)6-8)12-4-5-16-13-7-11(14(19)20)17-18(12)13/h2-4,6-7,16H,5H2,1H3,(H,19,20). The molecule has 0 aliphatic carbocycles. The highest BCUT2D eigenvalue weighted by Crippen LogP contribution is 2.29. The Morgan fingerprint density at radius 2 is 2.29 bits per heavy atom. The van der Waals surface area contributed by atoms with Crippen LogP contribution in [-0.2, 0) is 0 Å². The van der Waals surface area contributed by atoms with Crippen LogP contribution >= 0.6 is 0 Å². The smallest absolute Gasteiger partial charge is 0.356 e. The minimum atomic E-state index is -1.13. The second kappa shape index (κ2) is 4.93. The van der Waals surface area contributed by atoms with Crippen LogP contribution in [-0.4, -0.2) is 34.5 Å². The number of anilines is 1. The number of carboxylic acids is 1. The molecule has 2 heterocycles. The molecule has 7 heteroatoms. The van der Waals surface area contributed by atoms with Gasteiger partial charge in [0.05, 0.1) is 12.8 Å². The van der Waals surface area contributed by atoms with E-state index in [2.05, 4.69) is 10.4 Å². The molecule has 2 aromatic rings. The number of hydrogen-bond acceptors (Lipinski definition) is 4. The van der Waals surface area contributed by atoms with Crippen LogP contribution in [0.25, 0.3) is 5.70 Å². The van der Waals surface area contributed by atoms with Crippen molar-refractivity contribution in [2.75, 3.05) is 19.0 Å². The summed E-state index contributed by atoms with van der Waals surface area (Å²) < 4.78 is 20.5. The number of nitrogens with zero attached hydrogens (tertiary/aromatic N) is 2. The topological polar surface area (TPSA) is 76.4 Å². The summed E-state index contributed by atoms with van der Waals surface area (Å²) in [5.74, 6) is -0.660. The third-order valence-electron chi connectivity index (χ3n) is 3.19. The first kappa shape index (κ1) is 13.2. The molecular formula is C14H12FN3O3. The first-order valence-electron chi connectivity index (χ1n) is 6.22. The van der Waals surface area contributed by atoms with Crippen LogP contribution in [0.15, 0.2) is 30.3 Å². The number of ether oxygens (including phenoxy) is 1. The van der Waals surface area contributed by atoms with Gasteiger partial charge < -0.3 is 15.2 Å². The summed E-state index contributed by atoms with van der Waals surface area (Å²) in [6.45, 7) is 0.464. The summed E-state index contributed by atoms with van der Waals surface area (Å²) >= 11 is 0. The molecule has 1 aliphatic heterocycles. The lowest BCUT2D eigenvalue weighted by atomic mass is 10.1. The summed E-state index contributed by atoms with van der Waals surface area (Å²) in [5.41, 5.74) is 0.731. The fourth-order valence-electron chi connectivity index (χ4n) is 2.19. The Morgan fingerprint density at radius 1 is 1.48 bits per heavy atom. The predicted octanol–water partition coefficient (Wildman–Crippen LogP) is 2.04. The molecule has 0 fully saturated rings. The summed E-state index contributed by atoms with van der Waals surface area (Å²) in [4.78, 5) is 11.0. The van der Waals surface area contributed by atoms with Crippen LogP contribution in [0.4, 0.5) is 10.2 Å². The lowest BCUT2D eigenvalue weighted by Gasteiger charge is -2.18. The third-order valence-corrected chi connectivity index (χ3v) is 3.19. The minimum Gasteiger partial charge on any atom is -0.497 e. The number of benzene rings is 1. The average Bonchev–Trinajstić information content (AvgIpc) is 2.91. The molecule has 0 unspecified atom stereocenters. The molecule has 1 aromatic carbocycles. The Balaban J connectivity index is 2.08. The van der Waals surface area contributed by atoms with Crippen molar-refractivity contribution < 1.29 is 19.0 Å². The number of hydrogen-bond donors (Lipinski definition) is 2. The van der Waals surface area contributed by atoms with E-state index in [-0.39, 0.29) is 5.69 Å². The normalized spacial score (nSPS) is 13.1. The summed E-state index contributed by atoms with van der Waals surface area (Å²) in [5, 5.41) is 16.0. The fourth-order valence-corrected chi connectivity index (χ4v) is 2.19. The summed E-state index contributed by atoms with van der Waals surface area (Å²) in [6.07, 6.45) is 1.75. The van der Waals surface area contributed by atoms with Gasteiger partial charge in [-0.05, 0) is 18.2 Å². The molecule has 0 bridgehead atoms. The molecule has 0 saturated heterocycles. The molecule has 0 saturated carbocycles. The van der Waals surface area contributed by atoms with Crippen molar-refractivity contribution in [1.29, 1.82) is 0 Å². The second-order valence-corrected chi connectivity index (χ2v) is 4.45. The fraction of sp³-hybridized carbons (Fsp3) is 0.143. The van der Waals surface area contributed by atoms with Gasteiger partial charge in [0.15, 0.2) is 5.69 Å². The van der Waals surface area contributed by atoms with E-state index >= 15 is 0 Å². The van der Waals surface area contributed by atoms with Gasteiger partial charge in [-0.15, -0.1) is 0 Å². The van der Waals surface area contributed by atoms with Crippen LogP contribution in [0.3, 0.4) is 0 Å². The van der Waals surface area contributed by atoms with Crippen LogP contribution in [0.5, 0.6) is 5.75 Å². The molecular weight excluding hydrogens is 277 g/mol. The molecule has 6 nitrogen and oxygen atoms in total. The quantitative estimate of drug-likeness (QED) is 0.904. The number of halogens is 1. The Hall–Kier alpha value is -2.83. The van der Waals surface area contributed by atoms with E-state index in [1.165, 1.54) is 23.9 Å². The van der Waals surface area contributed by atoms with Crippen LogP contribution in [0, 0.1) is 5.82 Å². The van der Waals surface area contributed by atoms with Crippen LogP contribution in [0.2, 0.25) is 0 Å². The van der Waals surface area contributed by atoms with Crippen molar-refractivity contribution in [3.8, 4) is 5.75 Å². The van der Waals surface area contributed by atoms with Crippen molar-refractivity contribution in [3.05, 3.63) is 47.4 Å². The molecule has 21 heavy (non-hydrogen) atoms. The van der Waals surface area contributed by atoms with E-state index in [0.29, 0.717) is 29.4 Å². The maximum absolute atomic E-state index is 14.2. The highest BCUT2D eigenvalue weighted by molar-refractivity contribution is 5.87. The highest BCUT2D eigenvalue weighted by Gasteiger charge is 2.21. The van der Waals surface area contributed by atoms with Gasteiger partial charge in [-0.25, -0.2) is 13.9 Å². The van der Waals surface area contributed by atoms with Crippen molar-refractivity contribution in [3.63, 3.8) is 0 Å². The summed E-state index contributed by atoms with van der Waals surface area (Å²) in [7, 11) is 1.46. The largest absolute Gasteiger partial charge is 0.497 e. The van der Waals surface area contributed by atoms with E-state index in [9.17, 15) is 9.18 Å². The number of methoxy groups -OCH3 is 1. The van der Waals surface area contributed by atoms with Crippen molar-refractivity contribution in [1.82, 2.24) is 9.78 Å². The Labute approximate surface area is 119 Å². The maximum Gasteiger partial charge on any atom is 0.356 e. The minimum absolute atomic E-state index is 0.0979. The van der Waals surface area contributed by atoms with Crippen molar-refractivity contribution >= 4 is 17.5 Å². The number of carbonyl (C=O) groups is 1. The first-order valence-corrected chi connectivity index (χ1v) is 6.22. The molecule has 1 aliphatic rings. The molecule has 0 amide bonds. The Morgan fingerprint density at radius 3 is 2.95 bits per heavy atom. The maximum atomic E-state index is 14.2. The number of aromatic carboxylic acids is 1. The summed E-state index contributed by atoms with van der Waals surface area (Å²) in [6, 6.07) is 5.91. The molecule has 108 valence electrons. The monoisotopic (exact) mass is 289 g/mol. The van der Waals surface area contributed by atoms with Gasteiger partial charge in [0, 0.05) is 24.2 Å². The SMILES string of the molecule is COc1ccc(C2=CCNc3cc(C(=O)O)nn32)c(F)c1. The van der Waals surface area contributed by atoms with Gasteiger partial charge in [-0.1, -0.05) is 0 Å². The van der Waals surface area contributed by atoms with E-state index in [1.807, 2.05) is 0 Å². The lowest BCUT2D eigenvalue weighted by Crippen LogP contribution is -2.15. The van der Waals surface area contributed by atoms with E-state index < -0.39 is 11.8 Å². The number of nitrogens with one attached hydrogen (secondary N) is 1. The number of carboxylic acid groups (broad SMARTS) is 1. The van der Waals surface area contributed by atoms with Gasteiger partial charge in [0.2, 0.25) is 0 Å². The first-order chi connectivity index (χ1) is 10.1. The molecule has 2 N–H and O–H groups in total. The zero-order chi connectivity index (χ0) is 15.0. The zero-order valence-electron chi connectivity index (χ0n) is 11.1. The number of rotatable bonds is 3. The van der Waals surface area contributed by atoms with Gasteiger partial charge >= 0.3 is 5.97 Å². The molecule has 0 atom stereocenters. The second-order valence-electron chi connectivity index (χ2n) is 4.45. The predicted molar refractivity (Wildman–Crippen MR) is 74.0 cm³/mol. The molecule has 0 radical (unpaired) electrons. The Kier molecular flexibility index (Phi) is 3.09. The van der Waals surface area contributed by atoms with Gasteiger partial charge in [-0.2, -0.15) is 5.10 Å². The molecule has 3 rings (SSSR count). The van der Waals surface area contributed by atoms with Crippen LogP contribution in [0.1, 0.15) is 16.1 Å². The van der Waals surface area contributed by atoms with Gasteiger partial charge in [0.1, 0.15) is 17.4 Å². The zero-order valence-corrected chi connectivity index (χ0v) is 11.1. The number of aromatic nitrogens is 2. The van der Waals surface area contributed by atoms with Crippen molar-refractivity contribution in [2.45, 2.75) is 0 Å². The van der Waals surface area contributed by atoms with E-state index in [1.54, 1.807) is 18.2 Å². The number of fused-ring (bicyclic) bond motifs is 1. The van der Waals surface area contributed by atoms with Crippen molar-refractivity contribution in [2.24, 2.45) is 0 Å². The van der Waals surface area contributed by atoms with Gasteiger partial charge in [-0.3, -0.25) is 0 Å². The lowest BCUT2D eigenvalue weighted by molar-refractivity contribution is 0.0690. The average molecular weight is 289 g/mol. The van der Waals surface area contributed by atoms with Crippen LogP contribution < -0.4 is 10.1 Å². The third kappa shape index (κ3) is 2.22. The van der Waals surface area contributed by atoms with E-state index in [4.69, 9.17) is 9.84 Å².